The second kappa shape index (κ2) is 32.8. The summed E-state index contributed by atoms with van der Waals surface area (Å²) in [5.41, 5.74) is -4.47. The minimum atomic E-state index is -1.53. The van der Waals surface area contributed by atoms with Crippen LogP contribution in [0.25, 0.3) is 0 Å². The van der Waals surface area contributed by atoms with E-state index in [-0.39, 0.29) is 81.8 Å². The van der Waals surface area contributed by atoms with Crippen molar-refractivity contribution in [1.29, 1.82) is 0 Å². The Hall–Kier alpha value is -2.84. The van der Waals surface area contributed by atoms with Gasteiger partial charge in [0.25, 0.3) is 0 Å². The van der Waals surface area contributed by atoms with Gasteiger partial charge in [0.15, 0.2) is 0 Å². The largest absolute Gasteiger partial charge is 0.549 e. The van der Waals surface area contributed by atoms with Crippen LogP contribution in [0.1, 0.15) is 218 Å². The quantitative estimate of drug-likeness (QED) is 0.0453. The Labute approximate surface area is 526 Å². The number of hydrogen-bond acceptors (Lipinski definition) is 22. The molecule has 522 valence electrons. The third-order valence-corrected chi connectivity index (χ3v) is 15.3. The SMILES string of the molecule is CC(C)(O)CO[NH+]1C(C)(C)CC(O)CC1(C)C.CC(C)(O)CO[NH+]1C(C)(C)CC(O)CC1(C)C.CC(C)(O)CO[NH+]1C(C)(C)CC(O)CC1(C)C.CC(C)(O)CO[NH+]1C(C)(C)CC(O)CC1(C)C.O=C([O-])CN(CCN(CC(=O)[O-])CC(=O)[O-])CC(=O)[O-]. The van der Waals surface area contributed by atoms with Crippen molar-refractivity contribution in [3.8, 4) is 0 Å². The van der Waals surface area contributed by atoms with Crippen molar-refractivity contribution in [3.63, 3.8) is 0 Å². The maximum atomic E-state index is 10.4. The van der Waals surface area contributed by atoms with Crippen molar-refractivity contribution in [2.45, 2.75) is 309 Å². The Morgan fingerprint density at radius 2 is 0.466 bits per heavy atom. The van der Waals surface area contributed by atoms with Crippen molar-refractivity contribution < 1.29 is 120 Å². The van der Waals surface area contributed by atoms with Crippen LogP contribution in [-0.2, 0) is 38.5 Å². The Bertz CT molecular complexity index is 1780. The van der Waals surface area contributed by atoms with Gasteiger partial charge in [-0.3, -0.25) is 9.80 Å². The van der Waals surface area contributed by atoms with Crippen molar-refractivity contribution in [2.75, 3.05) is 65.7 Å². The summed E-state index contributed by atoms with van der Waals surface area (Å²) in [4.78, 5) is 67.0. The Morgan fingerprint density at radius 3 is 0.568 bits per heavy atom. The van der Waals surface area contributed by atoms with Crippen molar-refractivity contribution in [1.82, 2.24) is 9.80 Å². The van der Waals surface area contributed by atoms with Crippen molar-refractivity contribution >= 4 is 23.9 Å². The molecule has 4 heterocycles. The highest BCUT2D eigenvalue weighted by Gasteiger charge is 2.55. The standard InChI is InChI=1S/4C13H27NO3.C10H16N2O8/c4*1-11(2)7-10(15)8-12(3,4)14(11)17-9-13(5,6)16;13-7(14)3-11(4-8(15)16)1-2-12(5-9(17)18)6-10(19)20/h4*10,15-16H,7-9H2,1-6H3;1-6H2,(H,13,14)(H,15,16)(H,17,18)(H,19,20). The number of rotatable bonds is 23. The van der Waals surface area contributed by atoms with Gasteiger partial charge >= 0.3 is 0 Å². The highest BCUT2D eigenvalue weighted by atomic mass is 16.7. The zero-order chi connectivity index (χ0) is 69.6. The number of nitrogens with one attached hydrogen (secondary N) is 4. The molecule has 0 unspecified atom stereocenters. The number of hydrogen-bond donors (Lipinski definition) is 12. The molecule has 0 aromatic carbocycles. The van der Waals surface area contributed by atoms with Gasteiger partial charge in [0.1, 0.15) is 70.7 Å². The van der Waals surface area contributed by atoms with Crippen LogP contribution < -0.4 is 40.7 Å². The van der Waals surface area contributed by atoms with Gasteiger partial charge in [-0.2, -0.15) is 20.3 Å². The van der Waals surface area contributed by atoms with Crippen LogP contribution in [0.3, 0.4) is 0 Å². The molecule has 4 saturated heterocycles. The van der Waals surface area contributed by atoms with Crippen LogP contribution in [0.2, 0.25) is 0 Å². The summed E-state index contributed by atoms with van der Waals surface area (Å²) in [6.45, 7) is 45.4. The van der Waals surface area contributed by atoms with E-state index in [1.165, 1.54) is 0 Å². The van der Waals surface area contributed by atoms with Crippen LogP contribution >= 0.6 is 0 Å². The predicted octanol–water partition coefficient (Wildman–Crippen LogP) is -6.27. The van der Waals surface area contributed by atoms with E-state index in [4.69, 9.17) is 19.4 Å². The van der Waals surface area contributed by atoms with Crippen molar-refractivity contribution in [3.05, 3.63) is 0 Å². The number of nitrogens with zero attached hydrogens (tertiary/aromatic N) is 2. The first kappa shape index (κ1) is 85.2. The Morgan fingerprint density at radius 1 is 0.341 bits per heavy atom. The molecule has 4 aliphatic heterocycles. The highest BCUT2D eigenvalue weighted by Crippen LogP contribution is 2.28. The maximum Gasteiger partial charge on any atom is 0.134 e. The van der Waals surface area contributed by atoms with E-state index in [9.17, 15) is 80.5 Å². The molecule has 88 heavy (non-hydrogen) atoms. The topological polar surface area (TPSA) is 384 Å². The molecule has 0 aliphatic carbocycles. The Kier molecular flexibility index (Phi) is 31.8. The highest BCUT2D eigenvalue weighted by molar-refractivity contribution is 5.71. The Balaban J connectivity index is 0.00000108. The number of hydroxylamine groups is 8. The molecule has 26 heteroatoms. The molecular weight excluding hydrogens is 1150 g/mol. The molecule has 0 aromatic rings. The predicted molar refractivity (Wildman–Crippen MR) is 319 cm³/mol. The number of carboxylic acids is 4. The molecule has 0 atom stereocenters. The van der Waals surface area contributed by atoms with Gasteiger partial charge in [-0.15, -0.1) is 0 Å². The molecule has 26 nitrogen and oxygen atoms in total. The first-order chi connectivity index (χ1) is 39.0. The fourth-order valence-electron chi connectivity index (χ4n) is 13.4. The zero-order valence-electron chi connectivity index (χ0n) is 58.4. The molecule has 0 saturated carbocycles. The minimum absolute atomic E-state index is 0.146. The van der Waals surface area contributed by atoms with Crippen LogP contribution in [-0.4, -0.2) is 231 Å². The molecule has 4 rings (SSSR count). The van der Waals surface area contributed by atoms with E-state index in [2.05, 4.69) is 111 Å². The number of carbonyl (C=O) groups excluding carboxylic acids is 4. The van der Waals surface area contributed by atoms with Gasteiger partial charge in [-0.05, 0) is 166 Å². The van der Waals surface area contributed by atoms with Gasteiger partial charge in [-0.25, -0.2) is 19.4 Å². The summed E-state index contributed by atoms with van der Waals surface area (Å²) in [5.74, 6) is -6.12. The summed E-state index contributed by atoms with van der Waals surface area (Å²) in [7, 11) is 0. The monoisotopic (exact) mass is 1270 g/mol. The number of piperidine rings is 4. The maximum absolute atomic E-state index is 10.4. The first-order valence-corrected chi connectivity index (χ1v) is 30.9. The fraction of sp³-hybridized carbons (Fsp3) is 0.935. The van der Waals surface area contributed by atoms with Gasteiger partial charge in [0.05, 0.1) is 70.7 Å². The summed E-state index contributed by atoms with van der Waals surface area (Å²) in [6, 6.07) is 0. The van der Waals surface area contributed by atoms with Gasteiger partial charge < -0.3 is 80.5 Å². The van der Waals surface area contributed by atoms with Gasteiger partial charge in [0, 0.05) is 90.6 Å². The van der Waals surface area contributed by atoms with Gasteiger partial charge in [-0.1, -0.05) is 0 Å². The lowest BCUT2D eigenvalue weighted by Gasteiger charge is -2.48. The average molecular weight is 1270 g/mol. The van der Waals surface area contributed by atoms with E-state index in [0.717, 1.165) is 81.4 Å². The van der Waals surface area contributed by atoms with Crippen LogP contribution in [0.4, 0.5) is 0 Å². The first-order valence-electron chi connectivity index (χ1n) is 30.9. The van der Waals surface area contributed by atoms with Crippen LogP contribution in [0.15, 0.2) is 0 Å². The molecule has 0 aromatic heterocycles. The number of aliphatic carboxylic acids is 4. The third-order valence-electron chi connectivity index (χ3n) is 15.3. The normalized spacial score (nSPS) is 27.5. The molecule has 0 radical (unpaired) electrons. The van der Waals surface area contributed by atoms with Crippen LogP contribution in [0, 0.1) is 0 Å². The number of aliphatic hydroxyl groups excluding tert-OH is 4. The second-order valence-electron chi connectivity index (χ2n) is 32.9. The van der Waals surface area contributed by atoms with E-state index in [1.807, 2.05) is 0 Å². The second-order valence-corrected chi connectivity index (χ2v) is 32.9. The minimum Gasteiger partial charge on any atom is -0.549 e. The molecule has 0 amide bonds. The van der Waals surface area contributed by atoms with Gasteiger partial charge in [0.2, 0.25) is 0 Å². The summed E-state index contributed by atoms with van der Waals surface area (Å²) >= 11 is 0. The molecular formula is C62H124N6O20. The third kappa shape index (κ3) is 33.1. The zero-order valence-corrected chi connectivity index (χ0v) is 58.4. The van der Waals surface area contributed by atoms with Crippen molar-refractivity contribution in [2.24, 2.45) is 0 Å². The number of carboxylic acid groups (broad SMARTS) is 4. The van der Waals surface area contributed by atoms with E-state index in [1.54, 1.807) is 55.4 Å². The number of aliphatic hydroxyl groups is 8. The van der Waals surface area contributed by atoms with E-state index < -0.39 is 72.5 Å². The lowest BCUT2D eigenvalue weighted by Crippen LogP contribution is -3.26. The lowest BCUT2D eigenvalue weighted by atomic mass is 9.80. The molecule has 4 aliphatic rings. The number of carbonyl (C=O) groups is 4. The molecule has 4 fully saturated rings. The molecule has 0 spiro atoms. The number of quaternary nitrogens is 4. The average Bonchev–Trinajstić information content (AvgIpc) is 0.886. The van der Waals surface area contributed by atoms with Crippen LogP contribution in [0.5, 0.6) is 0 Å². The lowest BCUT2D eigenvalue weighted by molar-refractivity contribution is -1.17. The van der Waals surface area contributed by atoms with E-state index >= 15 is 0 Å². The summed E-state index contributed by atoms with van der Waals surface area (Å²) in [6.07, 6.45) is 4.68. The fourth-order valence-corrected chi connectivity index (χ4v) is 13.4. The van der Waals surface area contributed by atoms with E-state index in [0.29, 0.717) is 26.4 Å². The molecule has 12 N–H and O–H groups in total. The smallest absolute Gasteiger partial charge is 0.134 e. The summed E-state index contributed by atoms with van der Waals surface area (Å²) < 4.78 is 0. The summed E-state index contributed by atoms with van der Waals surface area (Å²) in [5, 5.41) is 124. The molecule has 0 bridgehead atoms.